The largest absolute Gasteiger partial charge is 0.493 e. The van der Waals surface area contributed by atoms with Gasteiger partial charge in [-0.05, 0) is 93.3 Å². The molecule has 7 nitrogen and oxygen atoms in total. The van der Waals surface area contributed by atoms with Crippen molar-refractivity contribution in [2.45, 2.75) is 50.5 Å². The van der Waals surface area contributed by atoms with Gasteiger partial charge >= 0.3 is 0 Å². The van der Waals surface area contributed by atoms with E-state index in [1.807, 2.05) is 13.8 Å². The average molecular weight is 473 g/mol. The number of hydrogen-bond acceptors (Lipinski definition) is 5. The summed E-state index contributed by atoms with van der Waals surface area (Å²) >= 11 is 0. The van der Waals surface area contributed by atoms with E-state index in [-0.39, 0.29) is 16.8 Å². The fourth-order valence-electron chi connectivity index (χ4n) is 5.31. The van der Waals surface area contributed by atoms with Crippen LogP contribution in [0.5, 0.6) is 11.5 Å². The topological polar surface area (TPSA) is 93.7 Å². The summed E-state index contributed by atoms with van der Waals surface area (Å²) in [4.78, 5) is 12.9. The van der Waals surface area contributed by atoms with Gasteiger partial charge in [-0.3, -0.25) is 4.79 Å². The Labute approximate surface area is 195 Å². The minimum absolute atomic E-state index is 0.0840. The van der Waals surface area contributed by atoms with E-state index in [0.717, 1.165) is 12.3 Å². The molecule has 2 saturated carbocycles. The first kappa shape index (κ1) is 23.6. The molecule has 0 heterocycles. The molecule has 2 aromatic rings. The predicted molar refractivity (Wildman–Crippen MR) is 127 cm³/mol. The highest BCUT2D eigenvalue weighted by Gasteiger charge is 2.42. The molecule has 2 N–H and O–H groups in total. The molecule has 178 valence electrons. The summed E-state index contributed by atoms with van der Waals surface area (Å²) in [6.07, 6.45) is 4.87. The highest BCUT2D eigenvalue weighted by atomic mass is 32.2. The summed E-state index contributed by atoms with van der Waals surface area (Å²) in [5, 5.41) is 2.80. The number of carbonyl (C=O) groups excluding carboxylic acids is 1. The van der Waals surface area contributed by atoms with E-state index >= 15 is 0 Å². The summed E-state index contributed by atoms with van der Waals surface area (Å²) in [6, 6.07) is 11.1. The monoisotopic (exact) mass is 472 g/mol. The Balaban J connectivity index is 1.40. The molecule has 33 heavy (non-hydrogen) atoms. The first-order chi connectivity index (χ1) is 15.8. The van der Waals surface area contributed by atoms with E-state index in [1.165, 1.54) is 31.4 Å². The Hall–Kier alpha value is -2.58. The van der Waals surface area contributed by atoms with Crippen molar-refractivity contribution in [1.29, 1.82) is 0 Å². The van der Waals surface area contributed by atoms with Gasteiger partial charge in [0.25, 0.3) is 5.91 Å². The van der Waals surface area contributed by atoms with Gasteiger partial charge in [0, 0.05) is 17.3 Å². The summed E-state index contributed by atoms with van der Waals surface area (Å²) in [5.74, 6) is 2.55. The van der Waals surface area contributed by atoms with Crippen LogP contribution >= 0.6 is 0 Å². The lowest BCUT2D eigenvalue weighted by Crippen LogP contribution is -2.40. The van der Waals surface area contributed by atoms with Crippen LogP contribution in [0.25, 0.3) is 0 Å². The van der Waals surface area contributed by atoms with Crippen molar-refractivity contribution in [3.8, 4) is 11.5 Å². The standard InChI is InChI=1S/C25H32N2O5S/c1-4-32-24-15-19(7-12-23(24)31-3)25(28)26-20-8-10-21(11-9-20)33(29,30)27-16(2)22-14-17-5-6-18(22)13-17/h7-12,15-18,22,27H,4-6,13-14H2,1-3H3,(H,26,28)/t16-,17+,18+,22+/m1/s1. The lowest BCUT2D eigenvalue weighted by Gasteiger charge is -2.28. The molecule has 2 bridgehead atoms. The van der Waals surface area contributed by atoms with Crippen molar-refractivity contribution in [2.75, 3.05) is 19.0 Å². The van der Waals surface area contributed by atoms with Crippen molar-refractivity contribution in [3.63, 3.8) is 0 Å². The maximum Gasteiger partial charge on any atom is 0.255 e. The van der Waals surface area contributed by atoms with Gasteiger partial charge in [-0.2, -0.15) is 0 Å². The van der Waals surface area contributed by atoms with Crippen LogP contribution in [0.3, 0.4) is 0 Å². The van der Waals surface area contributed by atoms with Gasteiger partial charge in [-0.15, -0.1) is 0 Å². The second-order valence-corrected chi connectivity index (χ2v) is 10.7. The molecule has 2 aromatic carbocycles. The first-order valence-electron chi connectivity index (χ1n) is 11.5. The Morgan fingerprint density at radius 3 is 2.45 bits per heavy atom. The smallest absolute Gasteiger partial charge is 0.255 e. The van der Waals surface area contributed by atoms with E-state index in [9.17, 15) is 13.2 Å². The van der Waals surface area contributed by atoms with E-state index in [1.54, 1.807) is 37.4 Å². The molecular formula is C25H32N2O5S. The zero-order chi connectivity index (χ0) is 23.6. The molecule has 2 aliphatic rings. The Morgan fingerprint density at radius 1 is 1.09 bits per heavy atom. The molecule has 0 aliphatic heterocycles. The van der Waals surface area contributed by atoms with Gasteiger partial charge in [0.05, 0.1) is 18.6 Å². The number of rotatable bonds is 9. The number of fused-ring (bicyclic) bond motifs is 2. The molecule has 8 heteroatoms. The van der Waals surface area contributed by atoms with Crippen molar-refractivity contribution < 1.29 is 22.7 Å². The Bertz CT molecular complexity index is 1100. The molecule has 0 aromatic heterocycles. The molecule has 1 amide bonds. The van der Waals surface area contributed by atoms with Gasteiger partial charge in [-0.25, -0.2) is 13.1 Å². The van der Waals surface area contributed by atoms with Crippen LogP contribution in [0.15, 0.2) is 47.4 Å². The molecule has 0 spiro atoms. The number of methoxy groups -OCH3 is 1. The number of nitrogens with one attached hydrogen (secondary N) is 2. The van der Waals surface area contributed by atoms with Crippen molar-refractivity contribution in [3.05, 3.63) is 48.0 Å². The van der Waals surface area contributed by atoms with Crippen LogP contribution < -0.4 is 19.5 Å². The number of amides is 1. The normalized spacial score (nSPS) is 22.7. The van der Waals surface area contributed by atoms with Crippen LogP contribution in [0.2, 0.25) is 0 Å². The number of sulfonamides is 1. The first-order valence-corrected chi connectivity index (χ1v) is 13.0. The molecule has 2 aliphatic carbocycles. The van der Waals surface area contributed by atoms with Crippen molar-refractivity contribution >= 4 is 21.6 Å². The van der Waals surface area contributed by atoms with E-state index in [0.29, 0.717) is 41.2 Å². The fourth-order valence-corrected chi connectivity index (χ4v) is 6.61. The maximum atomic E-state index is 12.9. The van der Waals surface area contributed by atoms with Crippen molar-refractivity contribution in [2.24, 2.45) is 17.8 Å². The lowest BCUT2D eigenvalue weighted by molar-refractivity contribution is 0.102. The Kier molecular flexibility index (Phi) is 6.95. The summed E-state index contributed by atoms with van der Waals surface area (Å²) in [6.45, 7) is 4.28. The molecular weight excluding hydrogens is 440 g/mol. The molecule has 0 radical (unpaired) electrons. The van der Waals surface area contributed by atoms with Crippen LogP contribution in [-0.4, -0.2) is 34.1 Å². The highest BCUT2D eigenvalue weighted by Crippen LogP contribution is 2.49. The molecule has 0 unspecified atom stereocenters. The second kappa shape index (κ2) is 9.73. The fraction of sp³-hybridized carbons (Fsp3) is 0.480. The second-order valence-electron chi connectivity index (χ2n) is 9.03. The van der Waals surface area contributed by atoms with Gasteiger partial charge < -0.3 is 14.8 Å². The zero-order valence-corrected chi connectivity index (χ0v) is 20.2. The van der Waals surface area contributed by atoms with E-state index in [2.05, 4.69) is 10.0 Å². The predicted octanol–water partition coefficient (Wildman–Crippen LogP) is 4.45. The minimum Gasteiger partial charge on any atom is -0.493 e. The van der Waals surface area contributed by atoms with Gasteiger partial charge in [0.15, 0.2) is 11.5 Å². The highest BCUT2D eigenvalue weighted by molar-refractivity contribution is 7.89. The quantitative estimate of drug-likeness (QED) is 0.562. The third-order valence-electron chi connectivity index (χ3n) is 6.92. The van der Waals surface area contributed by atoms with Crippen LogP contribution in [-0.2, 0) is 10.0 Å². The van der Waals surface area contributed by atoms with Crippen molar-refractivity contribution in [1.82, 2.24) is 4.72 Å². The van der Waals surface area contributed by atoms with E-state index in [4.69, 9.17) is 9.47 Å². The SMILES string of the molecule is CCOc1cc(C(=O)Nc2ccc(S(=O)(=O)N[C@H](C)[C@@H]3C[C@H]4CC[C@H]3C4)cc2)ccc1OC. The zero-order valence-electron chi connectivity index (χ0n) is 19.3. The lowest BCUT2D eigenvalue weighted by atomic mass is 9.84. The Morgan fingerprint density at radius 2 is 1.85 bits per heavy atom. The van der Waals surface area contributed by atoms with Gasteiger partial charge in [0.2, 0.25) is 10.0 Å². The van der Waals surface area contributed by atoms with Crippen LogP contribution in [0.4, 0.5) is 5.69 Å². The van der Waals surface area contributed by atoms with Gasteiger partial charge in [0.1, 0.15) is 0 Å². The average Bonchev–Trinajstić information content (AvgIpc) is 3.43. The minimum atomic E-state index is -3.62. The number of hydrogen-bond donors (Lipinski definition) is 2. The van der Waals surface area contributed by atoms with Crippen LogP contribution in [0, 0.1) is 17.8 Å². The molecule has 2 fully saturated rings. The van der Waals surface area contributed by atoms with E-state index < -0.39 is 10.0 Å². The number of ether oxygens (including phenoxy) is 2. The van der Waals surface area contributed by atoms with Crippen LogP contribution in [0.1, 0.15) is 49.9 Å². The molecule has 4 rings (SSSR count). The summed E-state index contributed by atoms with van der Waals surface area (Å²) in [7, 11) is -2.08. The van der Waals surface area contributed by atoms with Gasteiger partial charge in [-0.1, -0.05) is 6.42 Å². The molecule has 0 saturated heterocycles. The number of benzene rings is 2. The third-order valence-corrected chi connectivity index (χ3v) is 8.50. The maximum absolute atomic E-state index is 12.9. The summed E-state index contributed by atoms with van der Waals surface area (Å²) < 4.78 is 39.4. The summed E-state index contributed by atoms with van der Waals surface area (Å²) in [5.41, 5.74) is 0.922. The number of carbonyl (C=O) groups is 1. The third kappa shape index (κ3) is 5.17. The molecule has 4 atom stereocenters. The number of anilines is 1.